The van der Waals surface area contributed by atoms with E-state index in [-0.39, 0.29) is 18.1 Å². The molecule has 1 aromatic heterocycles. The second kappa shape index (κ2) is 6.65. The second-order valence-electron chi connectivity index (χ2n) is 3.96. The quantitative estimate of drug-likeness (QED) is 0.840. The first-order valence-electron chi connectivity index (χ1n) is 6.13. The average Bonchev–Trinajstić information content (AvgIpc) is 2.86. The molecule has 22 heavy (non-hydrogen) atoms. The zero-order valence-electron chi connectivity index (χ0n) is 11.3. The molecule has 1 N–H and O–H groups in total. The standard InChI is InChI=1S/C13H11F3N2O3S/c1-2-20-11(19)10-7-22-12(18-10)17-8-4-3-5-9(6-8)21-13(14,15)16/h3-7H,2H2,1H3,(H,17,18). The predicted molar refractivity (Wildman–Crippen MR) is 74.5 cm³/mol. The largest absolute Gasteiger partial charge is 0.573 e. The van der Waals surface area contributed by atoms with Crippen LogP contribution in [0.4, 0.5) is 24.0 Å². The van der Waals surface area contributed by atoms with Crippen LogP contribution < -0.4 is 10.1 Å². The van der Waals surface area contributed by atoms with Crippen LogP contribution in [0.3, 0.4) is 0 Å². The molecule has 0 aliphatic rings. The Morgan fingerprint density at radius 3 is 2.86 bits per heavy atom. The fourth-order valence-corrected chi connectivity index (χ4v) is 2.22. The lowest BCUT2D eigenvalue weighted by Gasteiger charge is -2.10. The maximum Gasteiger partial charge on any atom is 0.573 e. The topological polar surface area (TPSA) is 60.5 Å². The Kier molecular flexibility index (Phi) is 4.86. The van der Waals surface area contributed by atoms with Crippen LogP contribution in [0.5, 0.6) is 5.75 Å². The van der Waals surface area contributed by atoms with E-state index in [4.69, 9.17) is 4.74 Å². The third-order valence-corrected chi connectivity index (χ3v) is 3.07. The molecule has 118 valence electrons. The van der Waals surface area contributed by atoms with Crippen molar-refractivity contribution in [3.63, 3.8) is 0 Å². The second-order valence-corrected chi connectivity index (χ2v) is 4.82. The van der Waals surface area contributed by atoms with E-state index in [1.165, 1.54) is 23.6 Å². The van der Waals surface area contributed by atoms with Gasteiger partial charge in [-0.3, -0.25) is 0 Å². The number of hydrogen-bond acceptors (Lipinski definition) is 6. The Hall–Kier alpha value is -2.29. The first-order valence-corrected chi connectivity index (χ1v) is 7.01. The van der Waals surface area contributed by atoms with Crippen molar-refractivity contribution in [1.29, 1.82) is 0 Å². The van der Waals surface area contributed by atoms with Gasteiger partial charge in [-0.1, -0.05) is 6.07 Å². The van der Waals surface area contributed by atoms with Crippen LogP contribution in [0, 0.1) is 0 Å². The summed E-state index contributed by atoms with van der Waals surface area (Å²) in [5.74, 6) is -0.902. The first-order chi connectivity index (χ1) is 10.4. The van der Waals surface area contributed by atoms with Crippen LogP contribution in [0.15, 0.2) is 29.6 Å². The molecule has 0 aliphatic carbocycles. The Bertz CT molecular complexity index is 658. The highest BCUT2D eigenvalue weighted by Gasteiger charge is 2.31. The molecule has 2 rings (SSSR count). The number of alkyl halides is 3. The molecule has 2 aromatic rings. The number of esters is 1. The maximum atomic E-state index is 12.2. The fourth-order valence-electron chi connectivity index (χ4n) is 1.52. The Morgan fingerprint density at radius 2 is 2.18 bits per heavy atom. The summed E-state index contributed by atoms with van der Waals surface area (Å²) < 4.78 is 45.1. The number of ether oxygens (including phenoxy) is 2. The van der Waals surface area contributed by atoms with Crippen molar-refractivity contribution in [1.82, 2.24) is 4.98 Å². The van der Waals surface area contributed by atoms with Crippen molar-refractivity contribution in [2.75, 3.05) is 11.9 Å². The molecule has 0 saturated carbocycles. The zero-order valence-corrected chi connectivity index (χ0v) is 12.1. The number of nitrogens with zero attached hydrogens (tertiary/aromatic N) is 1. The van der Waals surface area contributed by atoms with Crippen molar-refractivity contribution in [3.05, 3.63) is 35.3 Å². The van der Waals surface area contributed by atoms with Gasteiger partial charge >= 0.3 is 12.3 Å². The van der Waals surface area contributed by atoms with Gasteiger partial charge in [0.15, 0.2) is 10.8 Å². The number of rotatable bonds is 5. The van der Waals surface area contributed by atoms with Crippen molar-refractivity contribution >= 4 is 28.1 Å². The average molecular weight is 332 g/mol. The molecule has 0 fully saturated rings. The van der Waals surface area contributed by atoms with Crippen molar-refractivity contribution in [2.45, 2.75) is 13.3 Å². The van der Waals surface area contributed by atoms with E-state index >= 15 is 0 Å². The molecule has 0 radical (unpaired) electrons. The van der Waals surface area contributed by atoms with Gasteiger partial charge in [0.05, 0.1) is 6.61 Å². The van der Waals surface area contributed by atoms with Crippen LogP contribution in [0.25, 0.3) is 0 Å². The van der Waals surface area contributed by atoms with Gasteiger partial charge in [0.25, 0.3) is 0 Å². The first kappa shape index (κ1) is 16.1. The summed E-state index contributed by atoms with van der Waals surface area (Å²) in [5.41, 5.74) is 0.489. The van der Waals surface area contributed by atoms with E-state index in [2.05, 4.69) is 15.0 Å². The number of hydrogen-bond donors (Lipinski definition) is 1. The molecule has 0 saturated heterocycles. The lowest BCUT2D eigenvalue weighted by molar-refractivity contribution is -0.274. The Labute approximate surface area is 127 Å². The number of aromatic nitrogens is 1. The summed E-state index contributed by atoms with van der Waals surface area (Å²) >= 11 is 1.13. The van der Waals surface area contributed by atoms with E-state index in [9.17, 15) is 18.0 Å². The molecule has 0 aliphatic heterocycles. The summed E-state index contributed by atoms with van der Waals surface area (Å²) in [6.45, 7) is 1.91. The normalized spacial score (nSPS) is 11.1. The number of carbonyl (C=O) groups excluding carboxylic acids is 1. The van der Waals surface area contributed by atoms with Gasteiger partial charge in [-0.2, -0.15) is 0 Å². The Morgan fingerprint density at radius 1 is 1.41 bits per heavy atom. The smallest absolute Gasteiger partial charge is 0.461 e. The van der Waals surface area contributed by atoms with Crippen LogP contribution in [-0.4, -0.2) is 23.9 Å². The number of thiazole rings is 1. The van der Waals surface area contributed by atoms with E-state index in [1.54, 1.807) is 13.0 Å². The summed E-state index contributed by atoms with van der Waals surface area (Å²) in [6, 6.07) is 5.32. The Balaban J connectivity index is 2.08. The number of anilines is 2. The van der Waals surface area contributed by atoms with Gasteiger partial charge in [0.1, 0.15) is 5.75 Å². The van der Waals surface area contributed by atoms with Crippen molar-refractivity contribution < 1.29 is 27.4 Å². The van der Waals surface area contributed by atoms with Gasteiger partial charge < -0.3 is 14.8 Å². The third kappa shape index (κ3) is 4.62. The maximum absolute atomic E-state index is 12.2. The fraction of sp³-hybridized carbons (Fsp3) is 0.231. The minimum atomic E-state index is -4.75. The molecule has 5 nitrogen and oxygen atoms in total. The molecule has 0 amide bonds. The summed E-state index contributed by atoms with van der Waals surface area (Å²) in [7, 11) is 0. The molecular formula is C13H11F3N2O3S. The highest BCUT2D eigenvalue weighted by Crippen LogP contribution is 2.27. The summed E-state index contributed by atoms with van der Waals surface area (Å²) in [4.78, 5) is 15.5. The lowest BCUT2D eigenvalue weighted by Crippen LogP contribution is -2.17. The molecule has 0 atom stereocenters. The van der Waals surface area contributed by atoms with Gasteiger partial charge in [-0.25, -0.2) is 9.78 Å². The van der Waals surface area contributed by atoms with Crippen LogP contribution in [-0.2, 0) is 4.74 Å². The summed E-state index contributed by atoms with van der Waals surface area (Å²) in [5, 5.41) is 4.65. The number of nitrogens with one attached hydrogen (secondary N) is 1. The lowest BCUT2D eigenvalue weighted by atomic mass is 10.3. The van der Waals surface area contributed by atoms with Gasteiger partial charge in [-0.05, 0) is 19.1 Å². The highest BCUT2D eigenvalue weighted by molar-refractivity contribution is 7.14. The van der Waals surface area contributed by atoms with Gasteiger partial charge in [0.2, 0.25) is 0 Å². The number of halogens is 3. The minimum Gasteiger partial charge on any atom is -0.461 e. The molecule has 1 aromatic carbocycles. The van der Waals surface area contributed by atoms with Crippen molar-refractivity contribution in [3.8, 4) is 5.75 Å². The number of carbonyl (C=O) groups is 1. The number of benzene rings is 1. The van der Waals surface area contributed by atoms with E-state index < -0.39 is 12.3 Å². The molecule has 0 spiro atoms. The summed E-state index contributed by atoms with van der Waals surface area (Å²) in [6.07, 6.45) is -4.75. The zero-order chi connectivity index (χ0) is 16.2. The van der Waals surface area contributed by atoms with Crippen LogP contribution >= 0.6 is 11.3 Å². The van der Waals surface area contributed by atoms with Crippen LogP contribution in [0.2, 0.25) is 0 Å². The molecule has 9 heteroatoms. The molecular weight excluding hydrogens is 321 g/mol. The predicted octanol–water partition coefficient (Wildman–Crippen LogP) is 3.96. The van der Waals surface area contributed by atoms with E-state index in [0.717, 1.165) is 11.3 Å². The monoisotopic (exact) mass is 332 g/mol. The highest BCUT2D eigenvalue weighted by atomic mass is 32.1. The third-order valence-electron chi connectivity index (χ3n) is 2.31. The van der Waals surface area contributed by atoms with E-state index in [0.29, 0.717) is 10.8 Å². The molecule has 0 unspecified atom stereocenters. The van der Waals surface area contributed by atoms with Crippen LogP contribution in [0.1, 0.15) is 17.4 Å². The van der Waals surface area contributed by atoms with E-state index in [1.807, 2.05) is 0 Å². The van der Waals surface area contributed by atoms with Gasteiger partial charge in [0, 0.05) is 17.1 Å². The molecule has 0 bridgehead atoms. The SMILES string of the molecule is CCOC(=O)c1csc(Nc2cccc(OC(F)(F)F)c2)n1. The van der Waals surface area contributed by atoms with Gasteiger partial charge in [-0.15, -0.1) is 24.5 Å². The molecule has 1 heterocycles. The minimum absolute atomic E-state index is 0.136. The van der Waals surface area contributed by atoms with Crippen molar-refractivity contribution in [2.24, 2.45) is 0 Å².